The van der Waals surface area contributed by atoms with Gasteiger partial charge in [-0.05, 0) is 36.4 Å². The minimum atomic E-state index is 0.620. The van der Waals surface area contributed by atoms with Gasteiger partial charge in [-0.15, -0.1) is 0 Å². The van der Waals surface area contributed by atoms with E-state index >= 15 is 0 Å². The lowest BCUT2D eigenvalue weighted by Gasteiger charge is -2.03. The average molecular weight is 285 g/mol. The molecular weight excluding hydrogens is 272 g/mol. The maximum Gasteiger partial charge on any atom is 0.102 e. The first kappa shape index (κ1) is 12.7. The molecular formula is C15H13ClN4. The molecule has 0 atom stereocenters. The molecule has 0 amide bonds. The molecule has 0 radical (unpaired) electrons. The minimum Gasteiger partial charge on any atom is -0.379 e. The normalized spacial score (nSPS) is 10.4. The molecule has 0 unspecified atom stereocenters. The SMILES string of the molecule is Clc1ccc(NCc2cnn(-c3ccccc3)n2)cc1. The second-order valence-corrected chi connectivity index (χ2v) is 4.76. The van der Waals surface area contributed by atoms with Crippen molar-refractivity contribution in [2.45, 2.75) is 6.54 Å². The maximum atomic E-state index is 5.85. The summed E-state index contributed by atoms with van der Waals surface area (Å²) in [6.07, 6.45) is 1.76. The Morgan fingerprint density at radius 3 is 2.50 bits per heavy atom. The molecule has 1 aromatic heterocycles. The number of nitrogens with zero attached hydrogens (tertiary/aromatic N) is 3. The summed E-state index contributed by atoms with van der Waals surface area (Å²) in [4.78, 5) is 1.62. The third-order valence-corrected chi connectivity index (χ3v) is 3.10. The highest BCUT2D eigenvalue weighted by Crippen LogP contribution is 2.14. The van der Waals surface area contributed by atoms with Crippen LogP contribution in [-0.4, -0.2) is 15.0 Å². The monoisotopic (exact) mass is 284 g/mol. The Bertz CT molecular complexity index is 677. The molecule has 0 saturated heterocycles. The van der Waals surface area contributed by atoms with Crippen molar-refractivity contribution >= 4 is 17.3 Å². The molecule has 100 valence electrons. The highest BCUT2D eigenvalue weighted by Gasteiger charge is 2.02. The zero-order valence-electron chi connectivity index (χ0n) is 10.7. The number of nitrogens with one attached hydrogen (secondary N) is 1. The molecule has 0 aliphatic heterocycles. The molecule has 20 heavy (non-hydrogen) atoms. The van der Waals surface area contributed by atoms with Crippen LogP contribution >= 0.6 is 11.6 Å². The molecule has 3 aromatic rings. The smallest absolute Gasteiger partial charge is 0.102 e. The predicted molar refractivity (Wildman–Crippen MR) is 80.1 cm³/mol. The van der Waals surface area contributed by atoms with Crippen molar-refractivity contribution in [3.05, 3.63) is 71.5 Å². The van der Waals surface area contributed by atoms with Gasteiger partial charge in [-0.25, -0.2) is 0 Å². The van der Waals surface area contributed by atoms with Crippen LogP contribution in [0.15, 0.2) is 60.8 Å². The van der Waals surface area contributed by atoms with Gasteiger partial charge in [-0.1, -0.05) is 29.8 Å². The summed E-state index contributed by atoms with van der Waals surface area (Å²) < 4.78 is 0. The van der Waals surface area contributed by atoms with Crippen molar-refractivity contribution in [2.75, 3.05) is 5.32 Å². The number of hydrogen-bond donors (Lipinski definition) is 1. The Morgan fingerprint density at radius 1 is 1.00 bits per heavy atom. The third-order valence-electron chi connectivity index (χ3n) is 2.84. The van der Waals surface area contributed by atoms with Gasteiger partial charge in [-0.3, -0.25) is 0 Å². The topological polar surface area (TPSA) is 42.7 Å². The van der Waals surface area contributed by atoms with E-state index < -0.39 is 0 Å². The van der Waals surface area contributed by atoms with E-state index in [9.17, 15) is 0 Å². The van der Waals surface area contributed by atoms with Crippen molar-refractivity contribution < 1.29 is 0 Å². The number of benzene rings is 2. The van der Waals surface area contributed by atoms with Crippen molar-refractivity contribution in [1.82, 2.24) is 15.0 Å². The van der Waals surface area contributed by atoms with Crippen LogP contribution in [0.3, 0.4) is 0 Å². The average Bonchev–Trinajstić information content (AvgIpc) is 2.97. The van der Waals surface area contributed by atoms with Gasteiger partial charge in [0.15, 0.2) is 0 Å². The van der Waals surface area contributed by atoms with E-state index in [1.807, 2.05) is 54.6 Å². The predicted octanol–water partition coefficient (Wildman–Crippen LogP) is 3.53. The summed E-state index contributed by atoms with van der Waals surface area (Å²) >= 11 is 5.85. The lowest BCUT2D eigenvalue weighted by atomic mass is 10.3. The van der Waals surface area contributed by atoms with Crippen molar-refractivity contribution in [3.8, 4) is 5.69 Å². The summed E-state index contributed by atoms with van der Waals surface area (Å²) in [5.74, 6) is 0. The highest BCUT2D eigenvalue weighted by molar-refractivity contribution is 6.30. The highest BCUT2D eigenvalue weighted by atomic mass is 35.5. The van der Waals surface area contributed by atoms with Crippen LogP contribution < -0.4 is 5.32 Å². The first-order valence-corrected chi connectivity index (χ1v) is 6.65. The Hall–Kier alpha value is -2.33. The fraction of sp³-hybridized carbons (Fsp3) is 0.0667. The summed E-state index contributed by atoms with van der Waals surface area (Å²) in [6, 6.07) is 17.4. The van der Waals surface area contributed by atoms with Crippen molar-refractivity contribution in [3.63, 3.8) is 0 Å². The Kier molecular flexibility index (Phi) is 3.65. The second kappa shape index (κ2) is 5.75. The molecule has 0 spiro atoms. The van der Waals surface area contributed by atoms with Crippen molar-refractivity contribution in [2.24, 2.45) is 0 Å². The van der Waals surface area contributed by atoms with Gasteiger partial charge in [-0.2, -0.15) is 15.0 Å². The maximum absolute atomic E-state index is 5.85. The van der Waals surface area contributed by atoms with E-state index in [1.54, 1.807) is 11.0 Å². The summed E-state index contributed by atoms with van der Waals surface area (Å²) in [7, 11) is 0. The van der Waals surface area contributed by atoms with Gasteiger partial charge >= 0.3 is 0 Å². The summed E-state index contributed by atoms with van der Waals surface area (Å²) in [5, 5.41) is 12.7. The molecule has 1 heterocycles. The van der Waals surface area contributed by atoms with Crippen LogP contribution in [-0.2, 0) is 6.54 Å². The van der Waals surface area contributed by atoms with Crippen LogP contribution in [0, 0.1) is 0 Å². The Labute approximate surface area is 122 Å². The summed E-state index contributed by atoms with van der Waals surface area (Å²) in [6.45, 7) is 0.620. The zero-order chi connectivity index (χ0) is 13.8. The largest absolute Gasteiger partial charge is 0.379 e. The van der Waals surface area contributed by atoms with E-state index in [-0.39, 0.29) is 0 Å². The standard InChI is InChI=1S/C15H13ClN4/c16-12-6-8-13(9-7-12)17-10-14-11-18-20(19-14)15-4-2-1-3-5-15/h1-9,11,17H,10H2. The number of anilines is 1. The lowest BCUT2D eigenvalue weighted by molar-refractivity contribution is 0.740. The molecule has 1 N–H and O–H groups in total. The molecule has 0 bridgehead atoms. The molecule has 0 fully saturated rings. The van der Waals surface area contributed by atoms with Crippen molar-refractivity contribution in [1.29, 1.82) is 0 Å². The first-order chi connectivity index (χ1) is 9.81. The van der Waals surface area contributed by atoms with E-state index in [2.05, 4.69) is 15.5 Å². The van der Waals surface area contributed by atoms with Gasteiger partial charge in [0.2, 0.25) is 0 Å². The van der Waals surface area contributed by atoms with Gasteiger partial charge in [0, 0.05) is 10.7 Å². The summed E-state index contributed by atoms with van der Waals surface area (Å²) in [5.41, 5.74) is 2.83. The third kappa shape index (κ3) is 2.97. The van der Waals surface area contributed by atoms with Crippen LogP contribution in [0.4, 0.5) is 5.69 Å². The fourth-order valence-electron chi connectivity index (χ4n) is 1.82. The second-order valence-electron chi connectivity index (χ2n) is 4.32. The molecule has 4 nitrogen and oxygen atoms in total. The van der Waals surface area contributed by atoms with E-state index in [1.165, 1.54) is 0 Å². The molecule has 2 aromatic carbocycles. The fourth-order valence-corrected chi connectivity index (χ4v) is 1.95. The zero-order valence-corrected chi connectivity index (χ0v) is 11.5. The van der Waals surface area contributed by atoms with Crippen LogP contribution in [0.1, 0.15) is 5.69 Å². The van der Waals surface area contributed by atoms with Gasteiger partial charge in [0.25, 0.3) is 0 Å². The lowest BCUT2D eigenvalue weighted by Crippen LogP contribution is -2.02. The first-order valence-electron chi connectivity index (χ1n) is 6.27. The minimum absolute atomic E-state index is 0.620. The van der Waals surface area contributed by atoms with E-state index in [0.717, 1.165) is 22.1 Å². The van der Waals surface area contributed by atoms with Gasteiger partial charge < -0.3 is 5.32 Å². The quantitative estimate of drug-likeness (QED) is 0.797. The van der Waals surface area contributed by atoms with E-state index in [4.69, 9.17) is 11.6 Å². The van der Waals surface area contributed by atoms with Crippen LogP contribution in [0.2, 0.25) is 5.02 Å². The number of aromatic nitrogens is 3. The van der Waals surface area contributed by atoms with E-state index in [0.29, 0.717) is 6.54 Å². The number of hydrogen-bond acceptors (Lipinski definition) is 3. The molecule has 5 heteroatoms. The Morgan fingerprint density at radius 2 is 1.75 bits per heavy atom. The van der Waals surface area contributed by atoms with Crippen LogP contribution in [0.25, 0.3) is 5.69 Å². The molecule has 0 aliphatic rings. The number of rotatable bonds is 4. The molecule has 3 rings (SSSR count). The molecule has 0 saturated carbocycles. The number of para-hydroxylation sites is 1. The number of halogens is 1. The van der Waals surface area contributed by atoms with Crippen LogP contribution in [0.5, 0.6) is 0 Å². The molecule has 0 aliphatic carbocycles. The Balaban J connectivity index is 1.67. The van der Waals surface area contributed by atoms with Gasteiger partial charge in [0.05, 0.1) is 18.4 Å². The van der Waals surface area contributed by atoms with Gasteiger partial charge in [0.1, 0.15) is 5.69 Å².